The zero-order valence-electron chi connectivity index (χ0n) is 8.47. The summed E-state index contributed by atoms with van der Waals surface area (Å²) >= 11 is 9.09. The van der Waals surface area contributed by atoms with E-state index in [0.717, 1.165) is 9.77 Å². The molecule has 16 heavy (non-hydrogen) atoms. The predicted octanol–water partition coefficient (Wildman–Crippen LogP) is 4.23. The maximum absolute atomic E-state index is 9.96. The van der Waals surface area contributed by atoms with Crippen molar-refractivity contribution in [2.75, 3.05) is 5.75 Å². The molecule has 1 N–H and O–H groups in total. The standard InChI is InChI=1S/C12H11ClOS2/c13-10-6-7-15-12(10)11(14)8-16-9-4-2-1-3-5-9/h1-7,11,14H,8H2. The van der Waals surface area contributed by atoms with Crippen molar-refractivity contribution in [2.24, 2.45) is 0 Å². The lowest BCUT2D eigenvalue weighted by atomic mass is 10.3. The molecule has 0 aliphatic heterocycles. The van der Waals surface area contributed by atoms with Gasteiger partial charge in [-0.2, -0.15) is 0 Å². The maximum Gasteiger partial charge on any atom is 0.0990 e. The molecule has 4 heteroatoms. The SMILES string of the molecule is OC(CSc1ccccc1)c1sccc1Cl. The van der Waals surface area contributed by atoms with Gasteiger partial charge in [-0.3, -0.25) is 0 Å². The number of aliphatic hydroxyl groups excluding tert-OH is 1. The van der Waals surface area contributed by atoms with Crippen LogP contribution in [0.25, 0.3) is 0 Å². The lowest BCUT2D eigenvalue weighted by Gasteiger charge is -2.08. The normalized spacial score (nSPS) is 12.6. The Morgan fingerprint density at radius 3 is 2.62 bits per heavy atom. The summed E-state index contributed by atoms with van der Waals surface area (Å²) in [7, 11) is 0. The van der Waals surface area contributed by atoms with Crippen molar-refractivity contribution < 1.29 is 5.11 Å². The van der Waals surface area contributed by atoms with Crippen LogP contribution in [0.15, 0.2) is 46.7 Å². The monoisotopic (exact) mass is 270 g/mol. The largest absolute Gasteiger partial charge is 0.387 e. The van der Waals surface area contributed by atoms with Crippen molar-refractivity contribution in [2.45, 2.75) is 11.0 Å². The molecule has 0 amide bonds. The fourth-order valence-electron chi connectivity index (χ4n) is 1.31. The maximum atomic E-state index is 9.96. The first kappa shape index (κ1) is 12.0. The van der Waals surface area contributed by atoms with Gasteiger partial charge in [0.15, 0.2) is 0 Å². The lowest BCUT2D eigenvalue weighted by Crippen LogP contribution is -1.98. The number of thioether (sulfide) groups is 1. The van der Waals surface area contributed by atoms with Gasteiger partial charge in [-0.1, -0.05) is 29.8 Å². The van der Waals surface area contributed by atoms with Crippen LogP contribution in [0.1, 0.15) is 11.0 Å². The Morgan fingerprint density at radius 2 is 2.00 bits per heavy atom. The first-order valence-electron chi connectivity index (χ1n) is 4.86. The van der Waals surface area contributed by atoms with E-state index in [-0.39, 0.29) is 0 Å². The van der Waals surface area contributed by atoms with Crippen molar-refractivity contribution in [3.05, 3.63) is 51.7 Å². The van der Waals surface area contributed by atoms with Crippen molar-refractivity contribution in [3.63, 3.8) is 0 Å². The van der Waals surface area contributed by atoms with Gasteiger partial charge in [-0.25, -0.2) is 0 Å². The Balaban J connectivity index is 1.94. The van der Waals surface area contributed by atoms with E-state index in [0.29, 0.717) is 10.8 Å². The van der Waals surface area contributed by atoms with Crippen LogP contribution in [0.5, 0.6) is 0 Å². The van der Waals surface area contributed by atoms with E-state index in [1.165, 1.54) is 11.3 Å². The van der Waals surface area contributed by atoms with Crippen molar-refractivity contribution >= 4 is 34.7 Å². The van der Waals surface area contributed by atoms with Gasteiger partial charge in [0.2, 0.25) is 0 Å². The summed E-state index contributed by atoms with van der Waals surface area (Å²) in [5.41, 5.74) is 0. The summed E-state index contributed by atoms with van der Waals surface area (Å²) < 4.78 is 0. The summed E-state index contributed by atoms with van der Waals surface area (Å²) in [6, 6.07) is 11.9. The van der Waals surface area contributed by atoms with Crippen LogP contribution in [0.2, 0.25) is 5.02 Å². The average Bonchev–Trinajstić information content (AvgIpc) is 2.74. The number of aliphatic hydroxyl groups is 1. The van der Waals surface area contributed by atoms with E-state index >= 15 is 0 Å². The Labute approximate surface area is 108 Å². The summed E-state index contributed by atoms with van der Waals surface area (Å²) in [4.78, 5) is 2.01. The number of halogens is 1. The van der Waals surface area contributed by atoms with Crippen LogP contribution >= 0.6 is 34.7 Å². The molecule has 0 spiro atoms. The minimum Gasteiger partial charge on any atom is -0.387 e. The minimum absolute atomic E-state index is 0.488. The van der Waals surface area contributed by atoms with Crippen molar-refractivity contribution in [1.29, 1.82) is 0 Å². The molecule has 1 unspecified atom stereocenters. The molecule has 1 atom stereocenters. The first-order chi connectivity index (χ1) is 7.77. The first-order valence-corrected chi connectivity index (χ1v) is 7.10. The van der Waals surface area contributed by atoms with E-state index < -0.39 is 6.10 Å². The van der Waals surface area contributed by atoms with E-state index in [2.05, 4.69) is 0 Å². The Kier molecular flexibility index (Phi) is 4.29. The molecule has 0 radical (unpaired) electrons. The number of rotatable bonds is 4. The molecular formula is C12H11ClOS2. The van der Waals surface area contributed by atoms with Crippen LogP contribution in [-0.4, -0.2) is 10.9 Å². The van der Waals surface area contributed by atoms with Gasteiger partial charge in [0, 0.05) is 10.6 Å². The van der Waals surface area contributed by atoms with Gasteiger partial charge in [0.25, 0.3) is 0 Å². The Hall–Kier alpha value is -0.480. The third-order valence-corrected chi connectivity index (χ3v) is 4.65. The number of thiophene rings is 1. The number of hydrogen-bond acceptors (Lipinski definition) is 3. The second-order valence-electron chi connectivity index (χ2n) is 3.27. The fraction of sp³-hybridized carbons (Fsp3) is 0.167. The number of hydrogen-bond donors (Lipinski definition) is 1. The highest BCUT2D eigenvalue weighted by Gasteiger charge is 2.13. The molecule has 1 nitrogen and oxygen atoms in total. The van der Waals surface area contributed by atoms with Gasteiger partial charge in [-0.05, 0) is 23.6 Å². The summed E-state index contributed by atoms with van der Waals surface area (Å²) in [5, 5.41) is 12.5. The quantitative estimate of drug-likeness (QED) is 0.839. The second-order valence-corrected chi connectivity index (χ2v) is 5.72. The third-order valence-electron chi connectivity index (χ3n) is 2.10. The molecular weight excluding hydrogens is 260 g/mol. The third kappa shape index (κ3) is 3.01. The van der Waals surface area contributed by atoms with Gasteiger partial charge in [0.1, 0.15) is 0 Å². The highest BCUT2D eigenvalue weighted by Crippen LogP contribution is 2.32. The topological polar surface area (TPSA) is 20.2 Å². The van der Waals surface area contributed by atoms with E-state index in [4.69, 9.17) is 11.6 Å². The van der Waals surface area contributed by atoms with Gasteiger partial charge in [-0.15, -0.1) is 23.1 Å². The van der Waals surface area contributed by atoms with Crippen LogP contribution < -0.4 is 0 Å². The summed E-state index contributed by atoms with van der Waals surface area (Å²) in [5.74, 6) is 0.629. The van der Waals surface area contributed by atoms with E-state index in [1.807, 2.05) is 41.8 Å². The molecule has 2 aromatic rings. The minimum atomic E-state index is -0.488. The van der Waals surface area contributed by atoms with Gasteiger partial charge in [0.05, 0.1) is 16.0 Å². The Bertz CT molecular complexity index is 441. The number of benzene rings is 1. The van der Waals surface area contributed by atoms with Gasteiger partial charge >= 0.3 is 0 Å². The van der Waals surface area contributed by atoms with Crippen molar-refractivity contribution in [1.82, 2.24) is 0 Å². The molecule has 0 bridgehead atoms. The van der Waals surface area contributed by atoms with Crippen molar-refractivity contribution in [3.8, 4) is 0 Å². The molecule has 0 aliphatic rings. The van der Waals surface area contributed by atoms with Gasteiger partial charge < -0.3 is 5.11 Å². The van der Waals surface area contributed by atoms with Crippen LogP contribution in [-0.2, 0) is 0 Å². The van der Waals surface area contributed by atoms with E-state index in [9.17, 15) is 5.11 Å². The molecule has 84 valence electrons. The Morgan fingerprint density at radius 1 is 1.25 bits per heavy atom. The molecule has 1 aromatic carbocycles. The molecule has 2 rings (SSSR count). The van der Waals surface area contributed by atoms with Crippen LogP contribution in [0.3, 0.4) is 0 Å². The molecule has 0 saturated heterocycles. The highest BCUT2D eigenvalue weighted by atomic mass is 35.5. The molecule has 1 aromatic heterocycles. The molecule has 0 aliphatic carbocycles. The predicted molar refractivity (Wildman–Crippen MR) is 71.5 cm³/mol. The van der Waals surface area contributed by atoms with Crippen LogP contribution in [0.4, 0.5) is 0 Å². The smallest absolute Gasteiger partial charge is 0.0990 e. The zero-order chi connectivity index (χ0) is 11.4. The average molecular weight is 271 g/mol. The lowest BCUT2D eigenvalue weighted by molar-refractivity contribution is 0.208. The molecule has 0 saturated carbocycles. The van der Waals surface area contributed by atoms with E-state index in [1.54, 1.807) is 11.8 Å². The molecule has 1 heterocycles. The zero-order valence-corrected chi connectivity index (χ0v) is 10.9. The molecule has 0 fully saturated rings. The fourth-order valence-corrected chi connectivity index (χ4v) is 3.45. The second kappa shape index (κ2) is 5.73. The summed E-state index contributed by atoms with van der Waals surface area (Å²) in [6.07, 6.45) is -0.488. The highest BCUT2D eigenvalue weighted by molar-refractivity contribution is 7.99. The summed E-state index contributed by atoms with van der Waals surface area (Å²) in [6.45, 7) is 0. The van der Waals surface area contributed by atoms with Crippen LogP contribution in [0, 0.1) is 0 Å².